The molecule has 1 fully saturated rings. The minimum atomic E-state index is -0.462. The van der Waals surface area contributed by atoms with Crippen molar-refractivity contribution in [2.45, 2.75) is 12.8 Å². The first-order chi connectivity index (χ1) is 7.74. The summed E-state index contributed by atoms with van der Waals surface area (Å²) in [5, 5.41) is 3.34. The number of carbonyl (C=O) groups excluding carboxylic acids is 1. The first-order valence-electron chi connectivity index (χ1n) is 5.49. The summed E-state index contributed by atoms with van der Waals surface area (Å²) in [4.78, 5) is 10.6. The Hall–Kier alpha value is -1.71. The summed E-state index contributed by atoms with van der Waals surface area (Å²) in [7, 11) is 0. The molecular weight excluding hydrogens is 204 g/mol. The number of primary amides is 1. The third kappa shape index (κ3) is 3.46. The van der Waals surface area contributed by atoms with Crippen LogP contribution in [0.25, 0.3) is 0 Å². The van der Waals surface area contributed by atoms with Crippen molar-refractivity contribution < 1.29 is 9.53 Å². The molecule has 0 bridgehead atoms. The molecule has 0 radical (unpaired) electrons. The molecule has 0 unspecified atom stereocenters. The summed E-state index contributed by atoms with van der Waals surface area (Å²) in [5.74, 6) is 1.03. The van der Waals surface area contributed by atoms with Gasteiger partial charge in [-0.05, 0) is 30.9 Å². The van der Waals surface area contributed by atoms with Gasteiger partial charge in [0.05, 0.1) is 0 Å². The molecule has 0 aliphatic heterocycles. The van der Waals surface area contributed by atoms with Crippen LogP contribution in [0.1, 0.15) is 12.8 Å². The highest BCUT2D eigenvalue weighted by atomic mass is 16.5. The number of nitrogens with two attached hydrogens (primary N) is 1. The van der Waals surface area contributed by atoms with Crippen molar-refractivity contribution in [3.05, 3.63) is 24.3 Å². The van der Waals surface area contributed by atoms with Gasteiger partial charge in [-0.25, -0.2) is 0 Å². The van der Waals surface area contributed by atoms with Crippen molar-refractivity contribution in [1.82, 2.24) is 0 Å². The SMILES string of the molecule is NC(=O)COc1cccc(NCC2CC2)c1. The van der Waals surface area contributed by atoms with Crippen LogP contribution in [0.2, 0.25) is 0 Å². The summed E-state index contributed by atoms with van der Waals surface area (Å²) < 4.78 is 5.22. The van der Waals surface area contributed by atoms with Gasteiger partial charge >= 0.3 is 0 Å². The zero-order chi connectivity index (χ0) is 11.4. The predicted molar refractivity (Wildman–Crippen MR) is 62.3 cm³/mol. The normalized spacial score (nSPS) is 14.5. The summed E-state index contributed by atoms with van der Waals surface area (Å²) in [5.41, 5.74) is 6.03. The lowest BCUT2D eigenvalue weighted by Gasteiger charge is -2.08. The average Bonchev–Trinajstić information content (AvgIpc) is 3.08. The van der Waals surface area contributed by atoms with E-state index in [9.17, 15) is 4.79 Å². The fourth-order valence-electron chi connectivity index (χ4n) is 1.43. The Morgan fingerprint density at radius 3 is 3.00 bits per heavy atom. The second kappa shape index (κ2) is 4.88. The maximum atomic E-state index is 10.6. The van der Waals surface area contributed by atoms with Crippen molar-refractivity contribution in [2.24, 2.45) is 11.7 Å². The standard InChI is InChI=1S/C12H16N2O2/c13-12(15)8-16-11-3-1-2-10(6-11)14-7-9-4-5-9/h1-3,6,9,14H,4-5,7-8H2,(H2,13,15). The lowest BCUT2D eigenvalue weighted by Crippen LogP contribution is -2.20. The summed E-state index contributed by atoms with van der Waals surface area (Å²) >= 11 is 0. The quantitative estimate of drug-likeness (QED) is 0.761. The topological polar surface area (TPSA) is 64.4 Å². The van der Waals surface area contributed by atoms with Crippen molar-refractivity contribution in [3.63, 3.8) is 0 Å². The Morgan fingerprint density at radius 2 is 2.31 bits per heavy atom. The van der Waals surface area contributed by atoms with Gasteiger partial charge in [0.15, 0.2) is 6.61 Å². The smallest absolute Gasteiger partial charge is 0.255 e. The van der Waals surface area contributed by atoms with Crippen LogP contribution in [-0.4, -0.2) is 19.1 Å². The van der Waals surface area contributed by atoms with E-state index in [0.717, 1.165) is 18.2 Å². The number of amides is 1. The van der Waals surface area contributed by atoms with Gasteiger partial charge in [0.2, 0.25) is 0 Å². The first kappa shape index (κ1) is 10.8. The molecule has 1 aromatic carbocycles. The van der Waals surface area contributed by atoms with Crippen LogP contribution in [0, 0.1) is 5.92 Å². The molecular formula is C12H16N2O2. The van der Waals surface area contributed by atoms with Gasteiger partial charge in [0.1, 0.15) is 5.75 Å². The van der Waals surface area contributed by atoms with E-state index in [0.29, 0.717) is 5.75 Å². The number of hydrogen-bond donors (Lipinski definition) is 2. The monoisotopic (exact) mass is 220 g/mol. The number of benzene rings is 1. The third-order valence-electron chi connectivity index (χ3n) is 2.51. The molecule has 0 aromatic heterocycles. The number of rotatable bonds is 6. The largest absolute Gasteiger partial charge is 0.484 e. The maximum absolute atomic E-state index is 10.6. The minimum absolute atomic E-state index is 0.0773. The number of ether oxygens (including phenoxy) is 1. The third-order valence-corrected chi connectivity index (χ3v) is 2.51. The van der Waals surface area contributed by atoms with Gasteiger partial charge in [-0.15, -0.1) is 0 Å². The van der Waals surface area contributed by atoms with E-state index in [-0.39, 0.29) is 6.61 Å². The molecule has 1 aromatic rings. The fourth-order valence-corrected chi connectivity index (χ4v) is 1.43. The molecule has 1 aliphatic rings. The van der Waals surface area contributed by atoms with Crippen molar-refractivity contribution >= 4 is 11.6 Å². The van der Waals surface area contributed by atoms with Gasteiger partial charge in [0, 0.05) is 18.3 Å². The Labute approximate surface area is 94.8 Å². The molecule has 3 N–H and O–H groups in total. The van der Waals surface area contributed by atoms with Crippen molar-refractivity contribution in [2.75, 3.05) is 18.5 Å². The highest BCUT2D eigenvalue weighted by molar-refractivity contribution is 5.75. The van der Waals surface area contributed by atoms with E-state index in [4.69, 9.17) is 10.5 Å². The minimum Gasteiger partial charge on any atom is -0.484 e. The van der Waals surface area contributed by atoms with Crippen LogP contribution in [0.3, 0.4) is 0 Å². The molecule has 0 spiro atoms. The molecule has 2 rings (SSSR count). The van der Waals surface area contributed by atoms with Crippen LogP contribution >= 0.6 is 0 Å². The molecule has 0 saturated heterocycles. The molecule has 0 atom stereocenters. The second-order valence-electron chi connectivity index (χ2n) is 4.11. The zero-order valence-corrected chi connectivity index (χ0v) is 9.11. The molecule has 16 heavy (non-hydrogen) atoms. The van der Waals surface area contributed by atoms with Crippen LogP contribution < -0.4 is 15.8 Å². The fraction of sp³-hybridized carbons (Fsp3) is 0.417. The van der Waals surface area contributed by atoms with Crippen LogP contribution in [0.15, 0.2) is 24.3 Å². The molecule has 86 valence electrons. The second-order valence-corrected chi connectivity index (χ2v) is 4.11. The van der Waals surface area contributed by atoms with E-state index in [1.165, 1.54) is 12.8 Å². The van der Waals surface area contributed by atoms with E-state index in [1.807, 2.05) is 24.3 Å². The van der Waals surface area contributed by atoms with Gasteiger partial charge < -0.3 is 15.8 Å². The van der Waals surface area contributed by atoms with Crippen molar-refractivity contribution in [3.8, 4) is 5.75 Å². The van der Waals surface area contributed by atoms with Gasteiger partial charge in [-0.3, -0.25) is 4.79 Å². The van der Waals surface area contributed by atoms with Gasteiger partial charge in [-0.1, -0.05) is 6.07 Å². The lowest BCUT2D eigenvalue weighted by atomic mass is 10.3. The molecule has 4 heteroatoms. The average molecular weight is 220 g/mol. The number of hydrogen-bond acceptors (Lipinski definition) is 3. The Bertz CT molecular complexity index is 375. The summed E-state index contributed by atoms with van der Waals surface area (Å²) in [6.07, 6.45) is 2.65. The lowest BCUT2D eigenvalue weighted by molar-refractivity contribution is -0.119. The molecule has 1 amide bonds. The predicted octanol–water partition coefficient (Wildman–Crippen LogP) is 1.37. The number of nitrogens with one attached hydrogen (secondary N) is 1. The summed E-state index contributed by atoms with van der Waals surface area (Å²) in [6, 6.07) is 7.57. The zero-order valence-electron chi connectivity index (χ0n) is 9.11. The van der Waals surface area contributed by atoms with Crippen LogP contribution in [-0.2, 0) is 4.79 Å². The van der Waals surface area contributed by atoms with Crippen molar-refractivity contribution in [1.29, 1.82) is 0 Å². The highest BCUT2D eigenvalue weighted by Crippen LogP contribution is 2.29. The van der Waals surface area contributed by atoms with Gasteiger partial charge in [0.25, 0.3) is 5.91 Å². The molecule has 0 heterocycles. The van der Waals surface area contributed by atoms with E-state index in [2.05, 4.69) is 5.32 Å². The summed E-state index contributed by atoms with van der Waals surface area (Å²) in [6.45, 7) is 0.936. The Kier molecular flexibility index (Phi) is 3.29. The van der Waals surface area contributed by atoms with Gasteiger partial charge in [-0.2, -0.15) is 0 Å². The first-order valence-corrected chi connectivity index (χ1v) is 5.49. The van der Waals surface area contributed by atoms with E-state index < -0.39 is 5.91 Å². The number of anilines is 1. The van der Waals surface area contributed by atoms with Crippen LogP contribution in [0.4, 0.5) is 5.69 Å². The molecule has 1 saturated carbocycles. The Morgan fingerprint density at radius 1 is 1.50 bits per heavy atom. The van der Waals surface area contributed by atoms with E-state index in [1.54, 1.807) is 0 Å². The van der Waals surface area contributed by atoms with Crippen LogP contribution in [0.5, 0.6) is 5.75 Å². The maximum Gasteiger partial charge on any atom is 0.255 e. The number of carbonyl (C=O) groups is 1. The Balaban J connectivity index is 1.87. The van der Waals surface area contributed by atoms with E-state index >= 15 is 0 Å². The molecule has 1 aliphatic carbocycles. The molecule has 4 nitrogen and oxygen atoms in total. The highest BCUT2D eigenvalue weighted by Gasteiger charge is 2.20.